The second-order valence-electron chi connectivity index (χ2n) is 8.98. The van der Waals surface area contributed by atoms with E-state index < -0.39 is 0 Å². The minimum atomic E-state index is 0.376. The van der Waals surface area contributed by atoms with Crippen molar-refractivity contribution in [1.82, 2.24) is 4.90 Å². The van der Waals surface area contributed by atoms with Gasteiger partial charge in [-0.15, -0.1) is 0 Å². The third-order valence-electron chi connectivity index (χ3n) is 4.75. The summed E-state index contributed by atoms with van der Waals surface area (Å²) in [5.74, 6) is 2.46. The number of carbonyl (C=O) groups is 1. The molecule has 1 unspecified atom stereocenters. The maximum atomic E-state index is 11.7. The molecule has 0 aromatic carbocycles. The number of likely N-dealkylation sites (tertiary alicyclic amines) is 1. The van der Waals surface area contributed by atoms with Crippen LogP contribution in [0.15, 0.2) is 17.3 Å². The molecule has 172 valence electrons. The van der Waals surface area contributed by atoms with Crippen molar-refractivity contribution >= 4 is 12.1 Å². The first kappa shape index (κ1) is 29.9. The summed E-state index contributed by atoms with van der Waals surface area (Å²) in [5.41, 5.74) is 5.19. The molecule has 1 rings (SSSR count). The second-order valence-corrected chi connectivity index (χ2v) is 8.98. The number of carbonyl (C=O) groups excluding carboxylic acids is 1. The summed E-state index contributed by atoms with van der Waals surface area (Å²) in [6.45, 7) is 20.6. The van der Waals surface area contributed by atoms with E-state index in [0.717, 1.165) is 45.1 Å². The van der Waals surface area contributed by atoms with Crippen LogP contribution in [-0.2, 0) is 4.79 Å². The summed E-state index contributed by atoms with van der Waals surface area (Å²) in [6, 6.07) is 0.946. The highest BCUT2D eigenvalue weighted by molar-refractivity contribution is 5.78. The number of amides is 1. The van der Waals surface area contributed by atoms with E-state index in [-0.39, 0.29) is 0 Å². The Labute approximate surface area is 182 Å². The summed E-state index contributed by atoms with van der Waals surface area (Å²) in [7, 11) is 0. The van der Waals surface area contributed by atoms with Crippen LogP contribution in [0.5, 0.6) is 0 Å². The van der Waals surface area contributed by atoms with E-state index in [1.807, 2.05) is 13.8 Å². The smallest absolute Gasteiger partial charge is 0.222 e. The number of nitrogens with zero attached hydrogens (tertiary/aromatic N) is 2. The molecular weight excluding hydrogens is 358 g/mol. The van der Waals surface area contributed by atoms with Crippen LogP contribution < -0.4 is 5.73 Å². The molecule has 0 aliphatic carbocycles. The lowest BCUT2D eigenvalue weighted by atomic mass is 9.94. The molecule has 0 radical (unpaired) electrons. The van der Waals surface area contributed by atoms with Crippen LogP contribution in [0.1, 0.15) is 101 Å². The Hall–Kier alpha value is -1.32. The first-order valence-corrected chi connectivity index (χ1v) is 11.9. The van der Waals surface area contributed by atoms with Gasteiger partial charge in [-0.3, -0.25) is 9.79 Å². The summed E-state index contributed by atoms with van der Waals surface area (Å²) in [6.07, 6.45) is 11.5. The van der Waals surface area contributed by atoms with E-state index in [4.69, 9.17) is 5.73 Å². The number of allylic oxidation sites excluding steroid dienone is 1. The van der Waals surface area contributed by atoms with Gasteiger partial charge in [0.2, 0.25) is 5.91 Å². The molecule has 4 heteroatoms. The van der Waals surface area contributed by atoms with Crippen molar-refractivity contribution in [3.8, 4) is 0 Å². The molecule has 0 aromatic rings. The summed E-state index contributed by atoms with van der Waals surface area (Å²) in [4.78, 5) is 18.2. The lowest BCUT2D eigenvalue weighted by Crippen LogP contribution is -2.38. The molecule has 0 saturated carbocycles. The van der Waals surface area contributed by atoms with Crippen molar-refractivity contribution in [3.63, 3.8) is 0 Å². The highest BCUT2D eigenvalue weighted by Gasteiger charge is 2.28. The predicted octanol–water partition coefficient (Wildman–Crippen LogP) is 6.45. The van der Waals surface area contributed by atoms with Gasteiger partial charge in [0.15, 0.2) is 0 Å². The van der Waals surface area contributed by atoms with E-state index in [9.17, 15) is 4.79 Å². The van der Waals surface area contributed by atoms with Crippen LogP contribution in [0.25, 0.3) is 0 Å². The molecule has 0 spiro atoms. The monoisotopic (exact) mass is 409 g/mol. The molecule has 1 amide bonds. The van der Waals surface area contributed by atoms with Gasteiger partial charge in [-0.2, -0.15) is 0 Å². The molecule has 0 bridgehead atoms. The van der Waals surface area contributed by atoms with Crippen molar-refractivity contribution in [3.05, 3.63) is 12.3 Å². The minimum Gasteiger partial charge on any atom is -0.405 e. The van der Waals surface area contributed by atoms with Crippen LogP contribution >= 0.6 is 0 Å². The predicted molar refractivity (Wildman–Crippen MR) is 130 cm³/mol. The Morgan fingerprint density at radius 3 is 1.86 bits per heavy atom. The number of rotatable bonds is 10. The van der Waals surface area contributed by atoms with E-state index in [0.29, 0.717) is 35.7 Å². The lowest BCUT2D eigenvalue weighted by molar-refractivity contribution is -0.130. The molecule has 1 saturated heterocycles. The zero-order valence-electron chi connectivity index (χ0n) is 20.9. The Bertz CT molecular complexity index is 431. The van der Waals surface area contributed by atoms with Crippen LogP contribution in [0.2, 0.25) is 0 Å². The third-order valence-corrected chi connectivity index (χ3v) is 4.75. The minimum absolute atomic E-state index is 0.376. The molecule has 1 aliphatic heterocycles. The Morgan fingerprint density at radius 2 is 1.52 bits per heavy atom. The van der Waals surface area contributed by atoms with Crippen LogP contribution in [0.4, 0.5) is 0 Å². The maximum Gasteiger partial charge on any atom is 0.222 e. The van der Waals surface area contributed by atoms with Gasteiger partial charge >= 0.3 is 0 Å². The van der Waals surface area contributed by atoms with Gasteiger partial charge in [0.25, 0.3) is 0 Å². The van der Waals surface area contributed by atoms with Crippen molar-refractivity contribution in [2.75, 3.05) is 6.54 Å². The van der Waals surface area contributed by atoms with E-state index in [2.05, 4.69) is 58.4 Å². The van der Waals surface area contributed by atoms with Crippen molar-refractivity contribution < 1.29 is 4.79 Å². The van der Waals surface area contributed by atoms with E-state index in [1.54, 1.807) is 12.3 Å². The van der Waals surface area contributed by atoms with E-state index >= 15 is 0 Å². The number of hydrogen-bond donors (Lipinski definition) is 1. The lowest BCUT2D eigenvalue weighted by Gasteiger charge is -2.30. The largest absolute Gasteiger partial charge is 0.405 e. The van der Waals surface area contributed by atoms with Crippen LogP contribution in [0.3, 0.4) is 0 Å². The molecule has 1 aliphatic rings. The van der Waals surface area contributed by atoms with Crippen molar-refractivity contribution in [1.29, 1.82) is 0 Å². The Balaban J connectivity index is 0. The number of aliphatic imine (C=N–C) groups is 1. The normalized spacial score (nSPS) is 15.5. The summed E-state index contributed by atoms with van der Waals surface area (Å²) in [5, 5.41) is 0. The average Bonchev–Trinajstić information content (AvgIpc) is 3.07. The molecular formula is C25H51N3O. The highest BCUT2D eigenvalue weighted by Crippen LogP contribution is 2.23. The number of nitrogens with two attached hydrogens (primary N) is 1. The average molecular weight is 410 g/mol. The zero-order valence-corrected chi connectivity index (χ0v) is 20.9. The quantitative estimate of drug-likeness (QED) is 0.421. The second kappa shape index (κ2) is 18.7. The summed E-state index contributed by atoms with van der Waals surface area (Å²) >= 11 is 0. The maximum absolute atomic E-state index is 11.7. The van der Waals surface area contributed by atoms with Gasteiger partial charge < -0.3 is 10.6 Å². The third kappa shape index (κ3) is 16.2. The SMILES string of the molecule is CC.CC(C)CC(CC(C)C)N1CCCC1=O.CCC(CC(C)C)N=C/C=C\N. The van der Waals surface area contributed by atoms with Crippen LogP contribution in [0, 0.1) is 17.8 Å². The molecule has 0 aromatic heterocycles. The van der Waals surface area contributed by atoms with Gasteiger partial charge in [-0.25, -0.2) is 0 Å². The van der Waals surface area contributed by atoms with Gasteiger partial charge in [0.1, 0.15) is 0 Å². The van der Waals surface area contributed by atoms with Crippen molar-refractivity contribution in [2.45, 2.75) is 113 Å². The Kier molecular flexibility index (Phi) is 19.3. The van der Waals surface area contributed by atoms with Gasteiger partial charge in [-0.1, -0.05) is 62.3 Å². The van der Waals surface area contributed by atoms with Gasteiger partial charge in [0, 0.05) is 31.3 Å². The first-order chi connectivity index (χ1) is 13.7. The standard InChI is InChI=1S/C13H25NO.C10H20N2.C2H6/c1-10(2)8-12(9-11(3)4)14-7-5-6-13(14)15;1-4-10(8-9(2)3)12-7-5-6-11;1-2/h10-12H,5-9H2,1-4H3;5-7,9-10H,4,8,11H2,1-3H3;1-2H3/b;6-5-,12-7?;. The Morgan fingerprint density at radius 1 is 1.00 bits per heavy atom. The molecule has 29 heavy (non-hydrogen) atoms. The molecule has 2 N–H and O–H groups in total. The van der Waals surface area contributed by atoms with Gasteiger partial charge in [-0.05, 0) is 62.1 Å². The van der Waals surface area contributed by atoms with Gasteiger partial charge in [0.05, 0.1) is 0 Å². The first-order valence-electron chi connectivity index (χ1n) is 11.9. The fourth-order valence-electron chi connectivity index (χ4n) is 3.59. The topological polar surface area (TPSA) is 58.7 Å². The van der Waals surface area contributed by atoms with E-state index in [1.165, 1.54) is 6.20 Å². The highest BCUT2D eigenvalue weighted by atomic mass is 16.2. The molecule has 1 fully saturated rings. The van der Waals surface area contributed by atoms with Crippen molar-refractivity contribution in [2.24, 2.45) is 28.5 Å². The fraction of sp³-hybridized carbons (Fsp3) is 0.840. The zero-order chi connectivity index (χ0) is 22.8. The fourth-order valence-corrected chi connectivity index (χ4v) is 3.59. The molecule has 1 atom stereocenters. The molecule has 4 nitrogen and oxygen atoms in total. The van der Waals surface area contributed by atoms with Crippen LogP contribution in [-0.4, -0.2) is 35.7 Å². The number of hydrogen-bond acceptors (Lipinski definition) is 3. The molecule has 1 heterocycles. The summed E-state index contributed by atoms with van der Waals surface area (Å²) < 4.78 is 0.